The fourth-order valence-electron chi connectivity index (χ4n) is 1.10. The molecule has 0 fully saturated rings. The van der Waals surface area contributed by atoms with Gasteiger partial charge in [-0.25, -0.2) is 13.6 Å². The van der Waals surface area contributed by atoms with E-state index in [4.69, 9.17) is 5.73 Å². The number of amides is 2. The number of benzene rings is 1. The summed E-state index contributed by atoms with van der Waals surface area (Å²) in [5.74, 6) is -1.75. The normalized spacial score (nSPS) is 10.1. The number of carbonyl (C=O) groups is 1. The second-order valence-corrected chi connectivity index (χ2v) is 3.26. The first-order valence-electron chi connectivity index (χ1n) is 4.45. The Morgan fingerprint density at radius 3 is 2.60 bits per heavy atom. The van der Waals surface area contributed by atoms with Gasteiger partial charge in [-0.15, -0.1) is 0 Å². The van der Waals surface area contributed by atoms with Crippen molar-refractivity contribution in [1.29, 1.82) is 0 Å². The van der Waals surface area contributed by atoms with Crippen LogP contribution in [0, 0.1) is 11.6 Å². The third kappa shape index (κ3) is 3.19. The molecule has 5 heteroatoms. The molecule has 0 saturated heterocycles. The number of rotatable bonds is 3. The van der Waals surface area contributed by atoms with Gasteiger partial charge in [0, 0.05) is 13.6 Å². The molecule has 2 N–H and O–H groups in total. The first-order valence-corrected chi connectivity index (χ1v) is 4.45. The van der Waals surface area contributed by atoms with Crippen molar-refractivity contribution in [3.63, 3.8) is 0 Å². The number of hydrogen-bond acceptors (Lipinski definition) is 1. The van der Waals surface area contributed by atoms with E-state index in [0.717, 1.165) is 12.1 Å². The molecular formula is C10H12F2N2O. The number of nitrogens with zero attached hydrogens (tertiary/aromatic N) is 1. The lowest BCUT2D eigenvalue weighted by Gasteiger charge is -2.13. The third-order valence-electron chi connectivity index (χ3n) is 2.10. The van der Waals surface area contributed by atoms with E-state index in [1.165, 1.54) is 11.0 Å². The molecule has 15 heavy (non-hydrogen) atoms. The van der Waals surface area contributed by atoms with Gasteiger partial charge in [0.25, 0.3) is 0 Å². The smallest absolute Gasteiger partial charge is 0.314 e. The monoisotopic (exact) mass is 214 g/mol. The maximum atomic E-state index is 12.8. The van der Waals surface area contributed by atoms with Crippen molar-refractivity contribution in [2.45, 2.75) is 6.42 Å². The molecule has 3 nitrogen and oxygen atoms in total. The van der Waals surface area contributed by atoms with E-state index in [0.29, 0.717) is 18.5 Å². The fraction of sp³-hybridized carbons (Fsp3) is 0.300. The summed E-state index contributed by atoms with van der Waals surface area (Å²) in [7, 11) is 1.54. The van der Waals surface area contributed by atoms with Crippen LogP contribution in [0.4, 0.5) is 13.6 Å². The Kier molecular flexibility index (Phi) is 3.60. The van der Waals surface area contributed by atoms with Crippen molar-refractivity contribution in [3.05, 3.63) is 35.4 Å². The average Bonchev–Trinajstić information content (AvgIpc) is 2.19. The molecule has 1 rings (SSSR count). The van der Waals surface area contributed by atoms with Crippen molar-refractivity contribution in [2.75, 3.05) is 13.6 Å². The summed E-state index contributed by atoms with van der Waals surface area (Å²) in [5, 5.41) is 0. The van der Waals surface area contributed by atoms with Gasteiger partial charge in [-0.2, -0.15) is 0 Å². The Morgan fingerprint density at radius 1 is 1.40 bits per heavy atom. The topological polar surface area (TPSA) is 46.3 Å². The molecule has 82 valence electrons. The number of urea groups is 1. The molecule has 0 spiro atoms. The van der Waals surface area contributed by atoms with E-state index in [1.54, 1.807) is 7.05 Å². The highest BCUT2D eigenvalue weighted by molar-refractivity contribution is 5.71. The van der Waals surface area contributed by atoms with E-state index in [-0.39, 0.29) is 0 Å². The van der Waals surface area contributed by atoms with Crippen molar-refractivity contribution in [3.8, 4) is 0 Å². The minimum atomic E-state index is -0.880. The lowest BCUT2D eigenvalue weighted by molar-refractivity contribution is 0.219. The maximum absolute atomic E-state index is 12.8. The predicted octanol–water partition coefficient (Wildman–Crippen LogP) is 1.52. The van der Waals surface area contributed by atoms with E-state index in [1.807, 2.05) is 0 Å². The molecule has 0 heterocycles. The molecule has 0 aliphatic rings. The lowest BCUT2D eigenvalue weighted by Crippen LogP contribution is -2.33. The van der Waals surface area contributed by atoms with E-state index in [2.05, 4.69) is 0 Å². The highest BCUT2D eigenvalue weighted by atomic mass is 19.2. The zero-order valence-corrected chi connectivity index (χ0v) is 8.34. The molecule has 1 aromatic rings. The number of carbonyl (C=O) groups excluding carboxylic acids is 1. The second kappa shape index (κ2) is 4.72. The van der Waals surface area contributed by atoms with Gasteiger partial charge in [0.2, 0.25) is 0 Å². The summed E-state index contributed by atoms with van der Waals surface area (Å²) in [5.41, 5.74) is 5.63. The Hall–Kier alpha value is -1.65. The largest absolute Gasteiger partial charge is 0.351 e. The summed E-state index contributed by atoms with van der Waals surface area (Å²) >= 11 is 0. The van der Waals surface area contributed by atoms with Crippen molar-refractivity contribution < 1.29 is 13.6 Å². The van der Waals surface area contributed by atoms with Crippen molar-refractivity contribution in [1.82, 2.24) is 4.90 Å². The van der Waals surface area contributed by atoms with Crippen molar-refractivity contribution in [2.24, 2.45) is 5.73 Å². The molecule has 0 aliphatic heterocycles. The second-order valence-electron chi connectivity index (χ2n) is 3.26. The van der Waals surface area contributed by atoms with Crippen LogP contribution in [0.2, 0.25) is 0 Å². The standard InChI is InChI=1S/C10H12F2N2O/c1-14(10(13)15)5-4-7-2-3-8(11)9(12)6-7/h2-3,6H,4-5H2,1H3,(H2,13,15). The summed E-state index contributed by atoms with van der Waals surface area (Å²) in [6.45, 7) is 0.375. The third-order valence-corrected chi connectivity index (χ3v) is 2.10. The number of likely N-dealkylation sites (N-methyl/N-ethyl adjacent to an activating group) is 1. The van der Waals surface area contributed by atoms with Crippen LogP contribution >= 0.6 is 0 Å². The van der Waals surface area contributed by atoms with Crippen molar-refractivity contribution >= 4 is 6.03 Å². The van der Waals surface area contributed by atoms with E-state index >= 15 is 0 Å². The Balaban J connectivity index is 2.58. The first-order chi connectivity index (χ1) is 7.00. The summed E-state index contributed by atoms with van der Waals surface area (Å²) < 4.78 is 25.3. The van der Waals surface area contributed by atoms with Crippen LogP contribution in [0.3, 0.4) is 0 Å². The number of primary amides is 1. The molecule has 0 unspecified atom stereocenters. The van der Waals surface area contributed by atoms with Gasteiger partial charge in [-0.3, -0.25) is 0 Å². The molecule has 0 saturated carbocycles. The Bertz CT molecular complexity index is 368. The molecule has 0 radical (unpaired) electrons. The number of hydrogen-bond donors (Lipinski definition) is 1. The van der Waals surface area contributed by atoms with Gasteiger partial charge < -0.3 is 10.6 Å². The van der Waals surface area contributed by atoms with Crippen LogP contribution in [0.1, 0.15) is 5.56 Å². The zero-order valence-electron chi connectivity index (χ0n) is 8.34. The molecule has 2 amide bonds. The van der Waals surface area contributed by atoms with Crippen LogP contribution in [-0.4, -0.2) is 24.5 Å². The van der Waals surface area contributed by atoms with Crippen LogP contribution in [0.5, 0.6) is 0 Å². The van der Waals surface area contributed by atoms with Crippen LogP contribution in [-0.2, 0) is 6.42 Å². The van der Waals surface area contributed by atoms with Crippen LogP contribution in [0.25, 0.3) is 0 Å². The quantitative estimate of drug-likeness (QED) is 0.814. The molecule has 0 atom stereocenters. The summed E-state index contributed by atoms with van der Waals surface area (Å²) in [6.07, 6.45) is 0.441. The average molecular weight is 214 g/mol. The lowest BCUT2D eigenvalue weighted by atomic mass is 10.1. The minimum absolute atomic E-state index is 0.375. The molecular weight excluding hydrogens is 202 g/mol. The molecule has 0 bridgehead atoms. The van der Waals surface area contributed by atoms with Crippen LogP contribution in [0.15, 0.2) is 18.2 Å². The fourth-order valence-corrected chi connectivity index (χ4v) is 1.10. The molecule has 0 aromatic heterocycles. The number of nitrogens with two attached hydrogens (primary N) is 1. The Morgan fingerprint density at radius 2 is 2.07 bits per heavy atom. The minimum Gasteiger partial charge on any atom is -0.351 e. The van der Waals surface area contributed by atoms with Gasteiger partial charge in [0.1, 0.15) is 0 Å². The highest BCUT2D eigenvalue weighted by Crippen LogP contribution is 2.09. The van der Waals surface area contributed by atoms with Gasteiger partial charge >= 0.3 is 6.03 Å². The molecule has 0 aliphatic carbocycles. The van der Waals surface area contributed by atoms with E-state index < -0.39 is 17.7 Å². The maximum Gasteiger partial charge on any atom is 0.314 e. The van der Waals surface area contributed by atoms with E-state index in [9.17, 15) is 13.6 Å². The van der Waals surface area contributed by atoms with Gasteiger partial charge in [-0.05, 0) is 24.1 Å². The predicted molar refractivity (Wildman–Crippen MR) is 52.3 cm³/mol. The van der Waals surface area contributed by atoms with Gasteiger partial charge in [0.05, 0.1) is 0 Å². The zero-order chi connectivity index (χ0) is 11.4. The first kappa shape index (κ1) is 11.4. The van der Waals surface area contributed by atoms with Crippen LogP contribution < -0.4 is 5.73 Å². The van der Waals surface area contributed by atoms with Gasteiger partial charge in [0.15, 0.2) is 11.6 Å². The highest BCUT2D eigenvalue weighted by Gasteiger charge is 2.05. The van der Waals surface area contributed by atoms with Gasteiger partial charge in [-0.1, -0.05) is 6.07 Å². The SMILES string of the molecule is CN(CCc1ccc(F)c(F)c1)C(N)=O. The number of halogens is 2. The summed E-state index contributed by atoms with van der Waals surface area (Å²) in [4.78, 5) is 12.0. The Labute approximate surface area is 86.5 Å². The summed E-state index contributed by atoms with van der Waals surface area (Å²) in [6, 6.07) is 3.12. The molecule has 1 aromatic carbocycles.